The Labute approximate surface area is 149 Å². The fourth-order valence-electron chi connectivity index (χ4n) is 3.65. The molecule has 4 rings (SSSR count). The molecule has 1 aliphatic carbocycles. The highest BCUT2D eigenvalue weighted by Crippen LogP contribution is 2.37. The topological polar surface area (TPSA) is 68.5 Å². The number of alkyl halides is 2. The van der Waals surface area contributed by atoms with E-state index in [4.69, 9.17) is 4.74 Å². The number of morpholine rings is 1. The van der Waals surface area contributed by atoms with Gasteiger partial charge >= 0.3 is 6.43 Å². The Kier molecular flexibility index (Phi) is 4.67. The van der Waals surface area contributed by atoms with Crippen LogP contribution in [-0.2, 0) is 16.0 Å². The summed E-state index contributed by atoms with van der Waals surface area (Å²) in [5.74, 6) is -0.156. The number of carbonyl (C=O) groups excluding carboxylic acids is 1. The molecule has 1 amide bonds. The number of amides is 1. The summed E-state index contributed by atoms with van der Waals surface area (Å²) in [5.41, 5.74) is 2.91. The normalized spacial score (nSPS) is 19.8. The van der Waals surface area contributed by atoms with Crippen LogP contribution in [0.4, 0.5) is 8.78 Å². The highest BCUT2D eigenvalue weighted by molar-refractivity contribution is 5.77. The van der Waals surface area contributed by atoms with Crippen LogP contribution in [0.25, 0.3) is 11.4 Å². The van der Waals surface area contributed by atoms with Crippen molar-refractivity contribution in [2.24, 2.45) is 0 Å². The Balaban J connectivity index is 1.48. The molecule has 0 radical (unpaired) electrons. The Bertz CT molecular complexity index is 803. The average Bonchev–Trinajstić information content (AvgIpc) is 3.30. The Morgan fingerprint density at radius 1 is 1.31 bits per heavy atom. The van der Waals surface area contributed by atoms with E-state index in [-0.39, 0.29) is 17.6 Å². The second-order valence-electron chi connectivity index (χ2n) is 6.60. The van der Waals surface area contributed by atoms with Gasteiger partial charge in [0.05, 0.1) is 13.2 Å². The molecule has 1 aromatic carbocycles. The second kappa shape index (κ2) is 7.11. The average molecular weight is 363 g/mol. The van der Waals surface area contributed by atoms with E-state index in [1.807, 2.05) is 17.0 Å². The van der Waals surface area contributed by atoms with E-state index < -0.39 is 12.3 Å². The van der Waals surface area contributed by atoms with Crippen molar-refractivity contribution in [1.29, 1.82) is 0 Å². The van der Waals surface area contributed by atoms with Crippen molar-refractivity contribution in [3.05, 3.63) is 35.2 Å². The molecule has 0 unspecified atom stereocenters. The largest absolute Gasteiger partial charge is 0.378 e. The van der Waals surface area contributed by atoms with E-state index in [2.05, 4.69) is 14.7 Å². The van der Waals surface area contributed by atoms with Crippen molar-refractivity contribution in [1.82, 2.24) is 15.0 Å². The van der Waals surface area contributed by atoms with Crippen molar-refractivity contribution in [3.63, 3.8) is 0 Å². The number of hydrogen-bond donors (Lipinski definition) is 0. The quantitative estimate of drug-likeness (QED) is 0.835. The number of ether oxygens (including phenoxy) is 1. The van der Waals surface area contributed by atoms with E-state index in [1.54, 1.807) is 6.07 Å². The Morgan fingerprint density at radius 2 is 2.12 bits per heavy atom. The van der Waals surface area contributed by atoms with E-state index in [0.717, 1.165) is 24.0 Å². The molecule has 0 spiro atoms. The number of aryl methyl sites for hydroxylation is 1. The fourth-order valence-corrected chi connectivity index (χ4v) is 3.65. The number of halogens is 2. The molecule has 8 heteroatoms. The molecule has 0 N–H and O–H groups in total. The summed E-state index contributed by atoms with van der Waals surface area (Å²) >= 11 is 0. The Morgan fingerprint density at radius 3 is 2.85 bits per heavy atom. The zero-order valence-electron chi connectivity index (χ0n) is 14.2. The number of hydrogen-bond acceptors (Lipinski definition) is 5. The smallest absolute Gasteiger partial charge is 0.315 e. The zero-order chi connectivity index (χ0) is 18.1. The van der Waals surface area contributed by atoms with Crippen molar-refractivity contribution in [2.75, 3.05) is 26.3 Å². The van der Waals surface area contributed by atoms with Crippen LogP contribution in [0.3, 0.4) is 0 Å². The summed E-state index contributed by atoms with van der Waals surface area (Å²) in [6, 6.07) is 5.67. The summed E-state index contributed by atoms with van der Waals surface area (Å²) in [7, 11) is 0. The number of carbonyl (C=O) groups is 1. The van der Waals surface area contributed by atoms with Crippen LogP contribution in [0, 0.1) is 0 Å². The van der Waals surface area contributed by atoms with Gasteiger partial charge < -0.3 is 14.2 Å². The number of fused-ring (bicyclic) bond motifs is 1. The van der Waals surface area contributed by atoms with Crippen LogP contribution in [0.2, 0.25) is 0 Å². The number of benzene rings is 1. The Hall–Kier alpha value is -2.35. The van der Waals surface area contributed by atoms with Gasteiger partial charge in [0.25, 0.3) is 5.89 Å². The van der Waals surface area contributed by atoms with Crippen molar-refractivity contribution < 1.29 is 22.8 Å². The molecule has 0 bridgehead atoms. The summed E-state index contributed by atoms with van der Waals surface area (Å²) in [4.78, 5) is 18.1. The molecule has 1 aliphatic heterocycles. The van der Waals surface area contributed by atoms with Crippen LogP contribution >= 0.6 is 0 Å². The van der Waals surface area contributed by atoms with Crippen LogP contribution in [0.5, 0.6) is 0 Å². The van der Waals surface area contributed by atoms with E-state index in [1.165, 1.54) is 0 Å². The lowest BCUT2D eigenvalue weighted by atomic mass is 9.96. The van der Waals surface area contributed by atoms with Gasteiger partial charge in [-0.2, -0.15) is 13.8 Å². The van der Waals surface area contributed by atoms with Gasteiger partial charge in [0.15, 0.2) is 0 Å². The zero-order valence-corrected chi connectivity index (χ0v) is 14.2. The molecule has 2 aliphatic rings. The van der Waals surface area contributed by atoms with Crippen LogP contribution in [0.15, 0.2) is 22.7 Å². The lowest BCUT2D eigenvalue weighted by molar-refractivity contribution is -0.135. The molecule has 2 aromatic rings. The first-order valence-electron chi connectivity index (χ1n) is 8.72. The van der Waals surface area contributed by atoms with Gasteiger partial charge in [-0.15, -0.1) is 0 Å². The minimum absolute atomic E-state index is 0.162. The lowest BCUT2D eigenvalue weighted by Crippen LogP contribution is -2.41. The number of aromatic nitrogens is 2. The monoisotopic (exact) mass is 363 g/mol. The predicted octanol–water partition coefficient (Wildman–Crippen LogP) is 2.95. The molecule has 0 saturated carbocycles. The second-order valence-corrected chi connectivity index (χ2v) is 6.60. The molecule has 138 valence electrons. The highest BCUT2D eigenvalue weighted by atomic mass is 19.3. The first-order chi connectivity index (χ1) is 12.6. The number of rotatable bonds is 4. The third kappa shape index (κ3) is 3.33. The summed E-state index contributed by atoms with van der Waals surface area (Å²) in [5, 5.41) is 3.62. The van der Waals surface area contributed by atoms with Gasteiger partial charge in [-0.05, 0) is 36.0 Å². The highest BCUT2D eigenvalue weighted by Gasteiger charge is 2.28. The maximum Gasteiger partial charge on any atom is 0.315 e. The van der Waals surface area contributed by atoms with Crippen LogP contribution < -0.4 is 0 Å². The molecule has 1 aromatic heterocycles. The SMILES string of the molecule is O=C(C[C@@H]1CCc2cc(-c3noc(C(F)F)n3)ccc21)N1CCOCC1. The molecule has 1 atom stereocenters. The molecular formula is C18H19F2N3O3. The summed E-state index contributed by atoms with van der Waals surface area (Å²) in [6.45, 7) is 2.51. The maximum absolute atomic E-state index is 12.6. The molecule has 6 nitrogen and oxygen atoms in total. The van der Waals surface area contributed by atoms with Gasteiger partial charge in [0.2, 0.25) is 11.7 Å². The van der Waals surface area contributed by atoms with Crippen LogP contribution in [-0.4, -0.2) is 47.3 Å². The molecule has 1 fully saturated rings. The first kappa shape index (κ1) is 17.1. The van der Waals surface area contributed by atoms with E-state index >= 15 is 0 Å². The van der Waals surface area contributed by atoms with Gasteiger partial charge in [0.1, 0.15) is 0 Å². The third-order valence-electron chi connectivity index (χ3n) is 5.02. The van der Waals surface area contributed by atoms with Crippen LogP contribution in [0.1, 0.15) is 42.2 Å². The molecule has 26 heavy (non-hydrogen) atoms. The maximum atomic E-state index is 12.6. The first-order valence-corrected chi connectivity index (χ1v) is 8.72. The van der Waals surface area contributed by atoms with E-state index in [9.17, 15) is 13.6 Å². The minimum atomic E-state index is -2.78. The summed E-state index contributed by atoms with van der Waals surface area (Å²) in [6.07, 6.45) is -0.529. The van der Waals surface area contributed by atoms with Crippen molar-refractivity contribution in [2.45, 2.75) is 31.6 Å². The van der Waals surface area contributed by atoms with Crippen molar-refractivity contribution >= 4 is 5.91 Å². The molecule has 2 heterocycles. The van der Waals surface area contributed by atoms with Gasteiger partial charge in [-0.1, -0.05) is 17.3 Å². The molecular weight excluding hydrogens is 344 g/mol. The summed E-state index contributed by atoms with van der Waals surface area (Å²) < 4.78 is 35.1. The lowest BCUT2D eigenvalue weighted by Gasteiger charge is -2.28. The van der Waals surface area contributed by atoms with Gasteiger partial charge in [-0.3, -0.25) is 4.79 Å². The van der Waals surface area contributed by atoms with Gasteiger partial charge in [-0.25, -0.2) is 0 Å². The fraction of sp³-hybridized carbons (Fsp3) is 0.500. The van der Waals surface area contributed by atoms with Gasteiger partial charge in [0, 0.05) is 25.1 Å². The minimum Gasteiger partial charge on any atom is -0.378 e. The molecule has 1 saturated heterocycles. The standard InChI is InChI=1S/C18H19F2N3O3/c19-16(20)18-21-17(22-26-18)13-3-4-14-11(9-13)1-2-12(14)10-15(24)23-5-7-25-8-6-23/h3-4,9,12,16H,1-2,5-8,10H2/t12-/m0/s1. The third-order valence-corrected chi connectivity index (χ3v) is 5.02. The van der Waals surface area contributed by atoms with Crippen molar-refractivity contribution in [3.8, 4) is 11.4 Å². The predicted molar refractivity (Wildman–Crippen MR) is 87.8 cm³/mol. The van der Waals surface area contributed by atoms with E-state index in [0.29, 0.717) is 38.3 Å². The number of nitrogens with zero attached hydrogens (tertiary/aromatic N) is 3.